The Morgan fingerprint density at radius 3 is 2.55 bits per heavy atom. The number of ether oxygens (including phenoxy) is 1. The van der Waals surface area contributed by atoms with Gasteiger partial charge in [-0.05, 0) is 51.3 Å². The Morgan fingerprint density at radius 1 is 1.21 bits per heavy atom. The lowest BCUT2D eigenvalue weighted by Crippen LogP contribution is -2.17. The minimum Gasteiger partial charge on any atom is -0.454 e. The van der Waals surface area contributed by atoms with E-state index in [1.165, 1.54) is 12.1 Å². The molecule has 1 saturated heterocycles. The number of anilines is 1. The SMILES string of the molecule is Cc1cc(C(=O)COC(=O)c2ccc(NC3CC3)c([N+](=O)[O-])c2)c(C)n1C1CCS(=O)(=O)C1. The number of nitro groups is 1. The summed E-state index contributed by atoms with van der Waals surface area (Å²) in [7, 11) is -3.08. The minimum absolute atomic E-state index is 0.0162. The van der Waals surface area contributed by atoms with E-state index < -0.39 is 33.1 Å². The number of Topliss-reactive ketones (excluding diaryl/α,β-unsaturated/α-hetero) is 1. The lowest BCUT2D eigenvalue weighted by molar-refractivity contribution is -0.384. The van der Waals surface area contributed by atoms with E-state index in [1.807, 2.05) is 4.57 Å². The molecule has 1 aromatic heterocycles. The molecule has 176 valence electrons. The lowest BCUT2D eigenvalue weighted by Gasteiger charge is -2.16. The first-order chi connectivity index (χ1) is 15.6. The number of hydrogen-bond acceptors (Lipinski definition) is 8. The van der Waals surface area contributed by atoms with Crippen molar-refractivity contribution in [3.8, 4) is 0 Å². The van der Waals surface area contributed by atoms with Crippen molar-refractivity contribution >= 4 is 33.0 Å². The summed E-state index contributed by atoms with van der Waals surface area (Å²) in [6.45, 7) is 3.01. The van der Waals surface area contributed by atoms with Gasteiger partial charge in [-0.15, -0.1) is 0 Å². The quantitative estimate of drug-likeness (QED) is 0.266. The van der Waals surface area contributed by atoms with Gasteiger partial charge in [-0.3, -0.25) is 14.9 Å². The van der Waals surface area contributed by atoms with E-state index in [1.54, 1.807) is 19.9 Å². The summed E-state index contributed by atoms with van der Waals surface area (Å²) in [5.41, 5.74) is 1.85. The zero-order valence-electron chi connectivity index (χ0n) is 18.4. The molecule has 1 aliphatic carbocycles. The first-order valence-electron chi connectivity index (χ1n) is 10.7. The average Bonchev–Trinajstić information content (AvgIpc) is 3.43. The summed E-state index contributed by atoms with van der Waals surface area (Å²) >= 11 is 0. The van der Waals surface area contributed by atoms with Crippen LogP contribution in [0.2, 0.25) is 0 Å². The van der Waals surface area contributed by atoms with Crippen LogP contribution in [0.5, 0.6) is 0 Å². The van der Waals surface area contributed by atoms with Crippen LogP contribution in [0.3, 0.4) is 0 Å². The smallest absolute Gasteiger partial charge is 0.338 e. The zero-order chi connectivity index (χ0) is 23.9. The molecular formula is C22H25N3O7S. The van der Waals surface area contributed by atoms with Crippen molar-refractivity contribution in [2.24, 2.45) is 0 Å². The molecule has 1 aliphatic heterocycles. The third-order valence-corrected chi connectivity index (χ3v) is 7.81. The highest BCUT2D eigenvalue weighted by molar-refractivity contribution is 7.91. The second-order valence-corrected chi connectivity index (χ2v) is 10.8. The Kier molecular flexibility index (Phi) is 6.00. The monoisotopic (exact) mass is 475 g/mol. The van der Waals surface area contributed by atoms with Crippen LogP contribution in [0, 0.1) is 24.0 Å². The van der Waals surface area contributed by atoms with Crippen molar-refractivity contribution in [1.29, 1.82) is 0 Å². The summed E-state index contributed by atoms with van der Waals surface area (Å²) in [5, 5.41) is 14.4. The molecule has 2 aromatic rings. The Bertz CT molecular complexity index is 1240. The summed E-state index contributed by atoms with van der Waals surface area (Å²) in [5.74, 6) is -1.10. The van der Waals surface area contributed by atoms with Crippen LogP contribution >= 0.6 is 0 Å². The number of aromatic nitrogens is 1. The maximum atomic E-state index is 12.7. The van der Waals surface area contributed by atoms with E-state index in [9.17, 15) is 28.1 Å². The molecule has 11 heteroatoms. The molecule has 1 saturated carbocycles. The Hall–Kier alpha value is -3.21. The highest BCUT2D eigenvalue weighted by atomic mass is 32.2. The first kappa shape index (κ1) is 23.0. The van der Waals surface area contributed by atoms with Crippen LogP contribution in [-0.4, -0.2) is 53.8 Å². The van der Waals surface area contributed by atoms with Gasteiger partial charge in [0.05, 0.1) is 22.0 Å². The Morgan fingerprint density at radius 2 is 1.94 bits per heavy atom. The summed E-state index contributed by atoms with van der Waals surface area (Å²) in [4.78, 5) is 36.0. The molecule has 2 heterocycles. The number of benzene rings is 1. The normalized spacial score (nSPS) is 19.3. The molecule has 0 radical (unpaired) electrons. The van der Waals surface area contributed by atoms with Crippen LogP contribution < -0.4 is 5.32 Å². The molecule has 2 fully saturated rings. The van der Waals surface area contributed by atoms with Gasteiger partial charge < -0.3 is 14.6 Å². The summed E-state index contributed by atoms with van der Waals surface area (Å²) < 4.78 is 30.7. The van der Waals surface area contributed by atoms with Gasteiger partial charge in [0.15, 0.2) is 16.4 Å². The van der Waals surface area contributed by atoms with Gasteiger partial charge in [-0.1, -0.05) is 0 Å². The first-order valence-corrected chi connectivity index (χ1v) is 12.5. The number of esters is 1. The molecule has 2 aliphatic rings. The fourth-order valence-corrected chi connectivity index (χ4v) is 5.97. The van der Waals surface area contributed by atoms with Crippen LogP contribution in [-0.2, 0) is 14.6 Å². The van der Waals surface area contributed by atoms with Crippen LogP contribution in [0.1, 0.15) is 57.4 Å². The van der Waals surface area contributed by atoms with Crippen LogP contribution in [0.4, 0.5) is 11.4 Å². The second kappa shape index (κ2) is 8.62. The summed E-state index contributed by atoms with van der Waals surface area (Å²) in [6.07, 6.45) is 2.38. The Labute approximate surface area is 191 Å². The molecule has 0 amide bonds. The number of nitrogens with zero attached hydrogens (tertiary/aromatic N) is 2. The number of nitro benzene ring substituents is 1. The van der Waals surface area contributed by atoms with E-state index in [0.717, 1.165) is 24.6 Å². The molecule has 33 heavy (non-hydrogen) atoms. The number of nitrogens with one attached hydrogen (secondary N) is 1. The second-order valence-electron chi connectivity index (χ2n) is 8.62. The van der Waals surface area contributed by atoms with Crippen molar-refractivity contribution in [1.82, 2.24) is 4.57 Å². The van der Waals surface area contributed by atoms with Crippen LogP contribution in [0.15, 0.2) is 24.3 Å². The predicted octanol–water partition coefficient (Wildman–Crippen LogP) is 2.99. The van der Waals surface area contributed by atoms with Crippen molar-refractivity contribution in [3.05, 3.63) is 56.9 Å². The molecule has 0 bridgehead atoms. The third kappa shape index (κ3) is 4.92. The van der Waals surface area contributed by atoms with Gasteiger partial charge in [0.1, 0.15) is 5.69 Å². The number of aryl methyl sites for hydroxylation is 1. The van der Waals surface area contributed by atoms with E-state index in [4.69, 9.17) is 4.74 Å². The van der Waals surface area contributed by atoms with E-state index in [-0.39, 0.29) is 34.8 Å². The van der Waals surface area contributed by atoms with Crippen molar-refractivity contribution in [2.75, 3.05) is 23.4 Å². The molecule has 4 rings (SSSR count). The fraction of sp³-hybridized carbons (Fsp3) is 0.455. The fourth-order valence-electron chi connectivity index (χ4n) is 4.27. The van der Waals surface area contributed by atoms with E-state index in [0.29, 0.717) is 23.4 Å². The van der Waals surface area contributed by atoms with Gasteiger partial charge in [0.25, 0.3) is 5.69 Å². The highest BCUT2D eigenvalue weighted by Crippen LogP contribution is 2.32. The van der Waals surface area contributed by atoms with Gasteiger partial charge in [-0.2, -0.15) is 0 Å². The van der Waals surface area contributed by atoms with Gasteiger partial charge >= 0.3 is 5.97 Å². The minimum atomic E-state index is -3.08. The molecule has 0 spiro atoms. The van der Waals surface area contributed by atoms with Gasteiger partial charge in [0, 0.05) is 35.1 Å². The van der Waals surface area contributed by atoms with E-state index >= 15 is 0 Å². The maximum Gasteiger partial charge on any atom is 0.338 e. The van der Waals surface area contributed by atoms with Crippen LogP contribution in [0.25, 0.3) is 0 Å². The van der Waals surface area contributed by atoms with Crippen molar-refractivity contribution < 1.29 is 27.7 Å². The number of sulfone groups is 1. The molecule has 1 unspecified atom stereocenters. The van der Waals surface area contributed by atoms with Crippen molar-refractivity contribution in [2.45, 2.75) is 45.2 Å². The largest absolute Gasteiger partial charge is 0.454 e. The molecule has 1 N–H and O–H groups in total. The number of carbonyl (C=O) groups is 2. The maximum absolute atomic E-state index is 12.7. The topological polar surface area (TPSA) is 138 Å². The van der Waals surface area contributed by atoms with Crippen molar-refractivity contribution in [3.63, 3.8) is 0 Å². The highest BCUT2D eigenvalue weighted by Gasteiger charge is 2.32. The Balaban J connectivity index is 1.45. The van der Waals surface area contributed by atoms with Gasteiger partial charge in [0.2, 0.25) is 5.78 Å². The molecule has 10 nitrogen and oxygen atoms in total. The standard InChI is InChI=1S/C22H25N3O7S/c1-13-9-18(14(2)24(13)17-7-8-33(30,31)12-17)21(26)11-32-22(27)15-3-6-19(23-16-4-5-16)20(10-15)25(28)29/h3,6,9-10,16-17,23H,4-5,7-8,11-12H2,1-2H3. The zero-order valence-corrected chi connectivity index (χ0v) is 19.2. The number of carbonyl (C=O) groups excluding carboxylic acids is 2. The average molecular weight is 476 g/mol. The third-order valence-electron chi connectivity index (χ3n) is 6.06. The number of rotatable bonds is 8. The molecule has 1 atom stereocenters. The predicted molar refractivity (Wildman–Crippen MR) is 121 cm³/mol. The summed E-state index contributed by atoms with van der Waals surface area (Å²) in [6, 6.07) is 5.70. The van der Waals surface area contributed by atoms with Gasteiger partial charge in [-0.25, -0.2) is 13.2 Å². The number of ketones is 1. The molecular weight excluding hydrogens is 450 g/mol. The lowest BCUT2D eigenvalue weighted by atomic mass is 10.1. The molecule has 1 aromatic carbocycles. The van der Waals surface area contributed by atoms with E-state index in [2.05, 4.69) is 5.32 Å². The number of hydrogen-bond donors (Lipinski definition) is 1.